The largest absolute Gasteiger partial charge is 0.463 e. The Kier molecular flexibility index (Phi) is 3.78. The van der Waals surface area contributed by atoms with Crippen molar-refractivity contribution in [2.75, 3.05) is 5.01 Å². The van der Waals surface area contributed by atoms with Crippen LogP contribution in [0.1, 0.15) is 23.8 Å². The van der Waals surface area contributed by atoms with Gasteiger partial charge < -0.3 is 4.42 Å². The molecule has 1 unspecified atom stereocenters. The Morgan fingerprint density at radius 3 is 2.52 bits per heavy atom. The van der Waals surface area contributed by atoms with Crippen molar-refractivity contribution in [1.82, 2.24) is 0 Å². The highest BCUT2D eigenvalue weighted by atomic mass is 16.6. The summed E-state index contributed by atoms with van der Waals surface area (Å²) in [4.78, 5) is 11.1. The minimum atomic E-state index is -0.344. The van der Waals surface area contributed by atoms with Gasteiger partial charge in [-0.15, -0.1) is 0 Å². The number of rotatable bonds is 4. The molecule has 0 N–H and O–H groups in total. The lowest BCUT2D eigenvalue weighted by atomic mass is 9.99. The van der Waals surface area contributed by atoms with E-state index < -0.39 is 0 Å². The maximum absolute atomic E-state index is 11.5. The Bertz CT molecular complexity index is 920. The molecule has 0 amide bonds. The molecule has 2 aromatic carbocycles. The van der Waals surface area contributed by atoms with Crippen LogP contribution < -0.4 is 5.01 Å². The fraction of sp³-hybridized carbons (Fsp3) is 0.105. The first-order valence-corrected chi connectivity index (χ1v) is 7.93. The summed E-state index contributed by atoms with van der Waals surface area (Å²) >= 11 is 0. The second-order valence-electron chi connectivity index (χ2n) is 5.74. The molecular formula is C19H15N3O3. The number of nitro groups is 1. The van der Waals surface area contributed by atoms with E-state index in [2.05, 4.69) is 0 Å². The lowest BCUT2D eigenvalue weighted by Gasteiger charge is -2.23. The third kappa shape index (κ3) is 2.78. The summed E-state index contributed by atoms with van der Waals surface area (Å²) in [7, 11) is 0. The Hall–Kier alpha value is -3.41. The average molecular weight is 333 g/mol. The minimum Gasteiger partial charge on any atom is -0.463 e. The molecule has 1 aliphatic rings. The molecule has 0 saturated heterocycles. The lowest BCUT2D eigenvalue weighted by Crippen LogP contribution is -2.19. The van der Waals surface area contributed by atoms with Crippen LogP contribution in [0.25, 0.3) is 0 Å². The molecule has 6 nitrogen and oxygen atoms in total. The van der Waals surface area contributed by atoms with Crippen LogP contribution in [0.2, 0.25) is 0 Å². The Morgan fingerprint density at radius 1 is 1.04 bits per heavy atom. The van der Waals surface area contributed by atoms with Crippen molar-refractivity contribution in [2.24, 2.45) is 5.10 Å². The first-order valence-electron chi connectivity index (χ1n) is 7.93. The van der Waals surface area contributed by atoms with Gasteiger partial charge in [-0.05, 0) is 30.3 Å². The van der Waals surface area contributed by atoms with E-state index >= 15 is 0 Å². The quantitative estimate of drug-likeness (QED) is 0.519. The fourth-order valence-electron chi connectivity index (χ4n) is 3.10. The van der Waals surface area contributed by atoms with Crippen LogP contribution in [0.3, 0.4) is 0 Å². The Labute approximate surface area is 144 Å². The normalized spacial score (nSPS) is 16.7. The van der Waals surface area contributed by atoms with Crippen LogP contribution in [0.4, 0.5) is 11.4 Å². The SMILES string of the molecule is O=[N+]([O-])c1ccccc1C1CC(c2ccco2)=NN1c1ccccc1. The summed E-state index contributed by atoms with van der Waals surface area (Å²) in [5.41, 5.74) is 2.40. The first-order chi connectivity index (χ1) is 12.2. The Morgan fingerprint density at radius 2 is 1.80 bits per heavy atom. The zero-order chi connectivity index (χ0) is 17.2. The fourth-order valence-corrected chi connectivity index (χ4v) is 3.10. The van der Waals surface area contributed by atoms with Gasteiger partial charge in [-0.25, -0.2) is 0 Å². The van der Waals surface area contributed by atoms with E-state index in [-0.39, 0.29) is 16.7 Å². The zero-order valence-electron chi connectivity index (χ0n) is 13.3. The van der Waals surface area contributed by atoms with Gasteiger partial charge in [0.15, 0.2) is 0 Å². The van der Waals surface area contributed by atoms with Crippen LogP contribution >= 0.6 is 0 Å². The Balaban J connectivity index is 1.80. The standard InChI is InChI=1S/C19H15N3O3/c23-22(24)17-10-5-4-9-15(17)18-13-16(19-11-6-12-25-19)20-21(18)14-7-2-1-3-8-14/h1-12,18H,13H2. The van der Waals surface area contributed by atoms with Crippen LogP contribution in [0, 0.1) is 10.1 Å². The molecule has 1 atom stereocenters. The lowest BCUT2D eigenvalue weighted by molar-refractivity contribution is -0.385. The number of nitro benzene ring substituents is 1. The van der Waals surface area contributed by atoms with Crippen LogP contribution in [-0.4, -0.2) is 10.6 Å². The minimum absolute atomic E-state index is 0.101. The second kappa shape index (κ2) is 6.24. The molecular weight excluding hydrogens is 318 g/mol. The van der Waals surface area contributed by atoms with Crippen molar-refractivity contribution in [2.45, 2.75) is 12.5 Å². The number of hydrogen-bond acceptors (Lipinski definition) is 5. The van der Waals surface area contributed by atoms with E-state index in [4.69, 9.17) is 9.52 Å². The third-order valence-corrected chi connectivity index (χ3v) is 4.23. The van der Waals surface area contributed by atoms with Crippen LogP contribution in [0.5, 0.6) is 0 Å². The molecule has 2 heterocycles. The van der Waals surface area contributed by atoms with Crippen molar-refractivity contribution in [3.8, 4) is 0 Å². The van der Waals surface area contributed by atoms with Gasteiger partial charge in [-0.1, -0.05) is 30.3 Å². The summed E-state index contributed by atoms with van der Waals surface area (Å²) in [5, 5.41) is 18.0. The highest BCUT2D eigenvalue weighted by molar-refractivity contribution is 6.01. The van der Waals surface area contributed by atoms with E-state index in [1.54, 1.807) is 18.4 Å². The zero-order valence-corrected chi connectivity index (χ0v) is 13.3. The van der Waals surface area contributed by atoms with Crippen molar-refractivity contribution in [3.63, 3.8) is 0 Å². The number of hydrazone groups is 1. The molecule has 124 valence electrons. The molecule has 0 spiro atoms. The molecule has 3 aromatic rings. The summed E-state index contributed by atoms with van der Waals surface area (Å²) in [5.74, 6) is 0.682. The molecule has 1 aliphatic heterocycles. The molecule has 0 aliphatic carbocycles. The predicted octanol–water partition coefficient (Wildman–Crippen LogP) is 4.54. The number of anilines is 1. The highest BCUT2D eigenvalue weighted by Gasteiger charge is 2.34. The van der Waals surface area contributed by atoms with E-state index in [1.165, 1.54) is 6.07 Å². The van der Waals surface area contributed by atoms with Gasteiger partial charge in [0.05, 0.1) is 28.5 Å². The number of nitrogens with zero attached hydrogens (tertiary/aromatic N) is 3. The third-order valence-electron chi connectivity index (χ3n) is 4.23. The topological polar surface area (TPSA) is 71.9 Å². The average Bonchev–Trinajstić information content (AvgIpc) is 3.32. The van der Waals surface area contributed by atoms with Gasteiger partial charge in [0.1, 0.15) is 11.5 Å². The summed E-state index contributed by atoms with van der Waals surface area (Å²) in [6.45, 7) is 0. The van der Waals surface area contributed by atoms with E-state index in [0.717, 1.165) is 11.4 Å². The number of furan rings is 1. The monoisotopic (exact) mass is 333 g/mol. The number of para-hydroxylation sites is 2. The first kappa shape index (κ1) is 15.1. The van der Waals surface area contributed by atoms with Gasteiger partial charge in [0.25, 0.3) is 5.69 Å². The maximum atomic E-state index is 11.5. The maximum Gasteiger partial charge on any atom is 0.274 e. The molecule has 1 aromatic heterocycles. The van der Waals surface area contributed by atoms with Crippen molar-refractivity contribution in [1.29, 1.82) is 0 Å². The molecule has 4 rings (SSSR count). The molecule has 0 radical (unpaired) electrons. The number of benzene rings is 2. The van der Waals surface area contributed by atoms with Crippen LogP contribution in [0.15, 0.2) is 82.5 Å². The predicted molar refractivity (Wildman–Crippen MR) is 94.6 cm³/mol. The van der Waals surface area contributed by atoms with Gasteiger partial charge in [-0.3, -0.25) is 15.1 Å². The number of hydrogen-bond donors (Lipinski definition) is 0. The van der Waals surface area contributed by atoms with Gasteiger partial charge in [-0.2, -0.15) is 5.10 Å². The molecule has 0 bridgehead atoms. The van der Waals surface area contributed by atoms with Gasteiger partial charge in [0.2, 0.25) is 0 Å². The summed E-state index contributed by atoms with van der Waals surface area (Å²) in [6, 6.07) is 19.9. The second-order valence-corrected chi connectivity index (χ2v) is 5.74. The van der Waals surface area contributed by atoms with Crippen molar-refractivity contribution in [3.05, 3.63) is 94.4 Å². The van der Waals surface area contributed by atoms with E-state index in [9.17, 15) is 10.1 Å². The molecule has 0 saturated carbocycles. The van der Waals surface area contributed by atoms with Gasteiger partial charge >= 0.3 is 0 Å². The van der Waals surface area contributed by atoms with E-state index in [0.29, 0.717) is 17.7 Å². The molecule has 25 heavy (non-hydrogen) atoms. The highest BCUT2D eigenvalue weighted by Crippen LogP contribution is 2.39. The summed E-state index contributed by atoms with van der Waals surface area (Å²) in [6.07, 6.45) is 2.14. The molecule has 0 fully saturated rings. The van der Waals surface area contributed by atoms with Gasteiger partial charge in [0, 0.05) is 12.5 Å². The smallest absolute Gasteiger partial charge is 0.274 e. The molecule has 6 heteroatoms. The van der Waals surface area contributed by atoms with Crippen LogP contribution in [-0.2, 0) is 0 Å². The van der Waals surface area contributed by atoms with E-state index in [1.807, 2.05) is 53.5 Å². The van der Waals surface area contributed by atoms with Crippen molar-refractivity contribution >= 4 is 17.1 Å². The summed E-state index contributed by atoms with van der Waals surface area (Å²) < 4.78 is 5.47. The van der Waals surface area contributed by atoms with Crippen molar-refractivity contribution < 1.29 is 9.34 Å².